The Bertz CT molecular complexity index is 1150. The van der Waals surface area contributed by atoms with Gasteiger partial charge in [0.2, 0.25) is 0 Å². The van der Waals surface area contributed by atoms with Crippen molar-refractivity contribution in [2.24, 2.45) is 0 Å². The molecule has 0 heterocycles. The summed E-state index contributed by atoms with van der Waals surface area (Å²) in [5.74, 6) is 0. The fraction of sp³-hybridized carbons (Fsp3) is 0.333. The summed E-state index contributed by atoms with van der Waals surface area (Å²) < 4.78 is 27.9. The highest BCUT2D eigenvalue weighted by Gasteiger charge is 2.32. The summed E-state index contributed by atoms with van der Waals surface area (Å²) >= 11 is 0. The van der Waals surface area contributed by atoms with Gasteiger partial charge in [-0.3, -0.25) is 0 Å². The zero-order valence-corrected chi connectivity index (χ0v) is 20.8. The molecule has 4 nitrogen and oxygen atoms in total. The highest BCUT2D eigenvalue weighted by molar-refractivity contribution is 7.92. The summed E-state index contributed by atoms with van der Waals surface area (Å²) in [5, 5.41) is -0.771. The van der Waals surface area contributed by atoms with Crippen LogP contribution in [0.25, 0.3) is 0 Å². The van der Waals surface area contributed by atoms with Crippen LogP contribution in [0.5, 0.6) is 0 Å². The molecule has 0 spiro atoms. The van der Waals surface area contributed by atoms with Crippen LogP contribution in [0.2, 0.25) is 0 Å². The molecule has 0 amide bonds. The van der Waals surface area contributed by atoms with Gasteiger partial charge in [-0.15, -0.1) is 0 Å². The first-order valence-corrected chi connectivity index (χ1v) is 12.7. The number of nitrogens with zero attached hydrogens (tertiary/aromatic N) is 2. The lowest BCUT2D eigenvalue weighted by atomic mass is 9.98. The van der Waals surface area contributed by atoms with E-state index < -0.39 is 15.1 Å². The van der Waals surface area contributed by atoms with Crippen molar-refractivity contribution in [2.75, 3.05) is 37.0 Å². The van der Waals surface area contributed by atoms with Gasteiger partial charge in [0.15, 0.2) is 9.84 Å². The van der Waals surface area contributed by atoms with Gasteiger partial charge in [0.1, 0.15) is 5.25 Å². The summed E-state index contributed by atoms with van der Waals surface area (Å²) in [5.41, 5.74) is 5.76. The zero-order valence-electron chi connectivity index (χ0n) is 20.0. The van der Waals surface area contributed by atoms with E-state index >= 15 is 0 Å². The van der Waals surface area contributed by atoms with E-state index in [4.69, 9.17) is 0 Å². The molecule has 0 aliphatic rings. The van der Waals surface area contributed by atoms with Crippen molar-refractivity contribution in [3.8, 4) is 0 Å². The van der Waals surface area contributed by atoms with Crippen LogP contribution in [0.15, 0.2) is 71.6 Å². The van der Waals surface area contributed by atoms with E-state index in [2.05, 4.69) is 24.8 Å². The fourth-order valence-corrected chi connectivity index (χ4v) is 5.98. The van der Waals surface area contributed by atoms with E-state index in [9.17, 15) is 8.42 Å². The zero-order chi connectivity index (χ0) is 23.5. The maximum absolute atomic E-state index is 13.9. The molecule has 1 unspecified atom stereocenters. The van der Waals surface area contributed by atoms with Crippen LogP contribution >= 0.6 is 0 Å². The average molecular weight is 451 g/mol. The standard InChI is InChI=1S/C27H34N2O2S/c1-7-29(8-2)24-15-18-26(21(4)19-24)27(22-11-13-23(14-12-22)28(5)6)32(30,31)25-16-9-20(3)10-17-25/h9-19,27H,7-8H2,1-6H3. The van der Waals surface area contributed by atoms with E-state index in [-0.39, 0.29) is 0 Å². The molecule has 5 heteroatoms. The number of hydrogen-bond donors (Lipinski definition) is 0. The highest BCUT2D eigenvalue weighted by Crippen LogP contribution is 2.38. The number of sulfone groups is 1. The molecule has 0 N–H and O–H groups in total. The van der Waals surface area contributed by atoms with Crippen LogP contribution in [-0.4, -0.2) is 35.6 Å². The number of anilines is 2. The normalized spacial score (nSPS) is 12.4. The van der Waals surface area contributed by atoms with Crippen molar-refractivity contribution < 1.29 is 8.42 Å². The van der Waals surface area contributed by atoms with Gasteiger partial charge in [-0.2, -0.15) is 0 Å². The molecule has 0 bridgehead atoms. The van der Waals surface area contributed by atoms with E-state index in [0.29, 0.717) is 4.90 Å². The number of rotatable bonds is 8. The molecule has 3 aromatic rings. The lowest BCUT2D eigenvalue weighted by Gasteiger charge is -2.25. The van der Waals surface area contributed by atoms with Crippen LogP contribution in [0.3, 0.4) is 0 Å². The maximum Gasteiger partial charge on any atom is 0.189 e. The summed E-state index contributed by atoms with van der Waals surface area (Å²) in [6, 6.07) is 21.1. The third-order valence-corrected chi connectivity index (χ3v) is 8.11. The molecule has 0 aliphatic heterocycles. The number of benzene rings is 3. The van der Waals surface area contributed by atoms with E-state index in [1.165, 1.54) is 0 Å². The Labute approximate surface area is 193 Å². The molecule has 1 atom stereocenters. The summed E-state index contributed by atoms with van der Waals surface area (Å²) in [6.07, 6.45) is 0. The van der Waals surface area contributed by atoms with E-state index in [0.717, 1.165) is 46.7 Å². The van der Waals surface area contributed by atoms with Gasteiger partial charge >= 0.3 is 0 Å². The molecular weight excluding hydrogens is 416 g/mol. The fourth-order valence-electron chi connectivity index (χ4n) is 4.08. The Hall–Kier alpha value is -2.79. The van der Waals surface area contributed by atoms with Crippen LogP contribution in [0.4, 0.5) is 11.4 Å². The van der Waals surface area contributed by atoms with Gasteiger partial charge in [-0.1, -0.05) is 35.9 Å². The van der Waals surface area contributed by atoms with E-state index in [1.807, 2.05) is 81.4 Å². The Morgan fingerprint density at radius 2 is 1.34 bits per heavy atom. The number of hydrogen-bond acceptors (Lipinski definition) is 4. The van der Waals surface area contributed by atoms with Crippen LogP contribution < -0.4 is 9.80 Å². The topological polar surface area (TPSA) is 40.6 Å². The molecule has 3 rings (SSSR count). The second kappa shape index (κ2) is 9.78. The predicted molar refractivity (Wildman–Crippen MR) is 136 cm³/mol. The monoisotopic (exact) mass is 450 g/mol. The molecule has 0 saturated heterocycles. The van der Waals surface area contributed by atoms with Crippen molar-refractivity contribution in [1.29, 1.82) is 0 Å². The maximum atomic E-state index is 13.9. The average Bonchev–Trinajstić information content (AvgIpc) is 2.77. The molecule has 0 aliphatic carbocycles. The smallest absolute Gasteiger partial charge is 0.189 e. The lowest BCUT2D eigenvalue weighted by Crippen LogP contribution is -2.22. The van der Waals surface area contributed by atoms with Crippen molar-refractivity contribution in [1.82, 2.24) is 0 Å². The first kappa shape index (κ1) is 23.9. The van der Waals surface area contributed by atoms with Crippen LogP contribution in [0.1, 0.15) is 41.4 Å². The van der Waals surface area contributed by atoms with Gasteiger partial charge in [-0.05, 0) is 80.8 Å². The third kappa shape index (κ3) is 4.83. The van der Waals surface area contributed by atoms with Crippen molar-refractivity contribution in [3.05, 3.63) is 89.0 Å². The molecule has 0 radical (unpaired) electrons. The molecule has 3 aromatic carbocycles. The van der Waals surface area contributed by atoms with Crippen LogP contribution in [0, 0.1) is 13.8 Å². The SMILES string of the molecule is CCN(CC)c1ccc(C(c2ccc(N(C)C)cc2)S(=O)(=O)c2ccc(C)cc2)c(C)c1. The number of aryl methyl sites for hydroxylation is 2. The molecule has 0 saturated carbocycles. The Morgan fingerprint density at radius 1 is 0.781 bits per heavy atom. The van der Waals surface area contributed by atoms with Gasteiger partial charge in [0, 0.05) is 38.6 Å². The van der Waals surface area contributed by atoms with Gasteiger partial charge < -0.3 is 9.80 Å². The van der Waals surface area contributed by atoms with E-state index in [1.54, 1.807) is 12.1 Å². The minimum Gasteiger partial charge on any atom is -0.378 e. The Balaban J connectivity index is 2.18. The second-order valence-corrected chi connectivity index (χ2v) is 10.5. The molecule has 170 valence electrons. The van der Waals surface area contributed by atoms with Crippen LogP contribution in [-0.2, 0) is 9.84 Å². The first-order valence-electron chi connectivity index (χ1n) is 11.1. The Morgan fingerprint density at radius 3 is 1.84 bits per heavy atom. The first-order chi connectivity index (χ1) is 15.2. The third-order valence-electron chi connectivity index (χ3n) is 6.04. The summed E-state index contributed by atoms with van der Waals surface area (Å²) in [4.78, 5) is 4.63. The minimum atomic E-state index is -3.65. The van der Waals surface area contributed by atoms with Gasteiger partial charge in [0.05, 0.1) is 4.90 Å². The largest absolute Gasteiger partial charge is 0.378 e. The molecule has 0 fully saturated rings. The quantitative estimate of drug-likeness (QED) is 0.436. The van der Waals surface area contributed by atoms with Gasteiger partial charge in [-0.25, -0.2) is 8.42 Å². The molecule has 32 heavy (non-hydrogen) atoms. The Kier molecular flexibility index (Phi) is 7.29. The highest BCUT2D eigenvalue weighted by atomic mass is 32.2. The lowest BCUT2D eigenvalue weighted by molar-refractivity contribution is 0.589. The van der Waals surface area contributed by atoms with Crippen molar-refractivity contribution >= 4 is 21.2 Å². The second-order valence-electron chi connectivity index (χ2n) is 8.44. The molecular formula is C27H34N2O2S. The van der Waals surface area contributed by atoms with Crippen molar-refractivity contribution in [3.63, 3.8) is 0 Å². The van der Waals surface area contributed by atoms with Gasteiger partial charge in [0.25, 0.3) is 0 Å². The molecule has 0 aromatic heterocycles. The minimum absolute atomic E-state index is 0.344. The summed E-state index contributed by atoms with van der Waals surface area (Å²) in [6.45, 7) is 10.0. The summed E-state index contributed by atoms with van der Waals surface area (Å²) in [7, 11) is 0.305. The van der Waals surface area contributed by atoms with Crippen molar-refractivity contribution in [2.45, 2.75) is 37.8 Å². The predicted octanol–water partition coefficient (Wildman–Crippen LogP) is 5.78.